The van der Waals surface area contributed by atoms with Crippen molar-refractivity contribution in [2.75, 3.05) is 7.11 Å². The lowest BCUT2D eigenvalue weighted by Gasteiger charge is -1.98. The van der Waals surface area contributed by atoms with Crippen molar-refractivity contribution in [3.63, 3.8) is 0 Å². The third kappa shape index (κ3) is 1.93. The average molecular weight is 271 g/mol. The first kappa shape index (κ1) is 9.61. The largest absolute Gasteiger partial charge is 0.481 e. The van der Waals surface area contributed by atoms with E-state index in [0.29, 0.717) is 5.88 Å². The smallest absolute Gasteiger partial charge is 0.212 e. The van der Waals surface area contributed by atoms with Gasteiger partial charge in [0.05, 0.1) is 7.11 Å². The second-order valence-electron chi connectivity index (χ2n) is 2.56. The first-order valence-corrected chi connectivity index (χ1v) is 5.58. The zero-order valence-corrected chi connectivity index (χ0v) is 9.80. The minimum Gasteiger partial charge on any atom is -0.481 e. The molecule has 3 nitrogen and oxygen atoms in total. The molecule has 0 atom stereocenters. The Labute approximate surface area is 93.9 Å². The molecule has 0 amide bonds. The van der Waals surface area contributed by atoms with Crippen LogP contribution in [0.3, 0.4) is 0 Å². The summed E-state index contributed by atoms with van der Waals surface area (Å²) < 4.78 is 5.83. The zero-order valence-electron chi connectivity index (χ0n) is 7.40. The molecule has 0 radical (unpaired) electrons. The molecule has 0 aliphatic carbocycles. The van der Waals surface area contributed by atoms with Gasteiger partial charge in [0.15, 0.2) is 0 Å². The Morgan fingerprint density at radius 2 is 2.29 bits per heavy atom. The summed E-state index contributed by atoms with van der Waals surface area (Å²) in [6, 6.07) is 3.77. The molecule has 0 N–H and O–H groups in total. The number of hydrogen-bond acceptors (Lipinski definition) is 4. The number of aromatic nitrogens is 2. The third-order valence-corrected chi connectivity index (χ3v) is 3.27. The van der Waals surface area contributed by atoms with Crippen molar-refractivity contribution in [2.24, 2.45) is 0 Å². The predicted molar refractivity (Wildman–Crippen MR) is 59.6 cm³/mol. The molecule has 0 aliphatic heterocycles. The molecule has 0 aliphatic rings. The highest BCUT2D eigenvalue weighted by molar-refractivity contribution is 9.10. The fraction of sp³-hybridized carbons (Fsp3) is 0.111. The summed E-state index contributed by atoms with van der Waals surface area (Å²) in [7, 11) is 1.60. The Balaban J connectivity index is 2.33. The summed E-state index contributed by atoms with van der Waals surface area (Å²) >= 11 is 4.89. The molecular formula is C9H7BrN2OS. The molecule has 72 valence electrons. The van der Waals surface area contributed by atoms with E-state index in [0.717, 1.165) is 15.2 Å². The molecule has 0 saturated heterocycles. The molecule has 0 saturated carbocycles. The molecule has 14 heavy (non-hydrogen) atoms. The normalized spacial score (nSPS) is 10.1. The quantitative estimate of drug-likeness (QED) is 0.842. The molecular weight excluding hydrogens is 264 g/mol. The van der Waals surface area contributed by atoms with Crippen molar-refractivity contribution in [1.29, 1.82) is 0 Å². The van der Waals surface area contributed by atoms with Crippen molar-refractivity contribution in [3.8, 4) is 16.5 Å². The maximum Gasteiger partial charge on any atom is 0.212 e. The second-order valence-corrected chi connectivity index (χ2v) is 4.24. The first-order valence-electron chi connectivity index (χ1n) is 3.91. The van der Waals surface area contributed by atoms with Gasteiger partial charge in [0.1, 0.15) is 9.61 Å². The van der Waals surface area contributed by atoms with E-state index in [1.165, 1.54) is 0 Å². The molecule has 0 aromatic carbocycles. The zero-order chi connectivity index (χ0) is 9.97. The van der Waals surface area contributed by atoms with Crippen molar-refractivity contribution in [2.45, 2.75) is 0 Å². The monoisotopic (exact) mass is 270 g/mol. The number of hydrogen-bond donors (Lipinski definition) is 0. The minimum atomic E-state index is 0.615. The van der Waals surface area contributed by atoms with Crippen LogP contribution in [-0.4, -0.2) is 17.1 Å². The van der Waals surface area contributed by atoms with Crippen LogP contribution in [0, 0.1) is 0 Å². The Morgan fingerprint density at radius 1 is 1.43 bits per heavy atom. The lowest BCUT2D eigenvalue weighted by atomic mass is 10.3. The minimum absolute atomic E-state index is 0.615. The number of pyridine rings is 1. The van der Waals surface area contributed by atoms with E-state index in [2.05, 4.69) is 25.9 Å². The van der Waals surface area contributed by atoms with E-state index in [4.69, 9.17) is 4.74 Å². The van der Waals surface area contributed by atoms with E-state index in [9.17, 15) is 0 Å². The summed E-state index contributed by atoms with van der Waals surface area (Å²) in [5.41, 5.74) is 1.00. The molecule has 2 aromatic rings. The molecule has 2 aromatic heterocycles. The van der Waals surface area contributed by atoms with Gasteiger partial charge in [-0.3, -0.25) is 0 Å². The number of rotatable bonds is 2. The van der Waals surface area contributed by atoms with Crippen LogP contribution >= 0.6 is 27.3 Å². The lowest BCUT2D eigenvalue weighted by molar-refractivity contribution is 0.398. The van der Waals surface area contributed by atoms with E-state index in [1.54, 1.807) is 24.6 Å². The van der Waals surface area contributed by atoms with Gasteiger partial charge in [0, 0.05) is 23.2 Å². The van der Waals surface area contributed by atoms with Crippen molar-refractivity contribution < 1.29 is 4.74 Å². The second kappa shape index (κ2) is 4.06. The van der Waals surface area contributed by atoms with Crippen LogP contribution in [0.25, 0.3) is 10.6 Å². The molecule has 0 fully saturated rings. The summed E-state index contributed by atoms with van der Waals surface area (Å²) in [5, 5.41) is 2.89. The number of nitrogens with zero attached hydrogens (tertiary/aromatic N) is 2. The topological polar surface area (TPSA) is 35.0 Å². The standard InChI is InChI=1S/C9H7BrN2OS/c1-13-8-3-2-6(4-11-8)9-12-7(10)5-14-9/h2-5H,1H3. The first-order chi connectivity index (χ1) is 6.79. The van der Waals surface area contributed by atoms with Gasteiger partial charge in [-0.15, -0.1) is 11.3 Å². The molecule has 2 rings (SSSR count). The summed E-state index contributed by atoms with van der Waals surface area (Å²) in [4.78, 5) is 8.40. The van der Waals surface area contributed by atoms with Gasteiger partial charge in [0.25, 0.3) is 0 Å². The van der Waals surface area contributed by atoms with Gasteiger partial charge >= 0.3 is 0 Å². The van der Waals surface area contributed by atoms with Crippen LogP contribution in [0.5, 0.6) is 5.88 Å². The lowest BCUT2D eigenvalue weighted by Crippen LogP contribution is -1.86. The van der Waals surface area contributed by atoms with Gasteiger partial charge in [-0.25, -0.2) is 9.97 Å². The Hall–Kier alpha value is -0.940. The number of thiazole rings is 1. The van der Waals surface area contributed by atoms with E-state index < -0.39 is 0 Å². The molecule has 0 bridgehead atoms. The van der Waals surface area contributed by atoms with E-state index in [1.807, 2.05) is 17.5 Å². The fourth-order valence-electron chi connectivity index (χ4n) is 1.01. The van der Waals surface area contributed by atoms with Gasteiger partial charge in [-0.2, -0.15) is 0 Å². The highest BCUT2D eigenvalue weighted by Gasteiger charge is 2.03. The van der Waals surface area contributed by atoms with Gasteiger partial charge < -0.3 is 4.74 Å². The van der Waals surface area contributed by atoms with Gasteiger partial charge in [0.2, 0.25) is 5.88 Å². The highest BCUT2D eigenvalue weighted by atomic mass is 79.9. The maximum absolute atomic E-state index is 4.97. The fourth-order valence-corrected chi connectivity index (χ4v) is 2.26. The average Bonchev–Trinajstić information content (AvgIpc) is 2.65. The van der Waals surface area contributed by atoms with E-state index >= 15 is 0 Å². The Bertz CT molecular complexity index is 427. The van der Waals surface area contributed by atoms with Crippen molar-refractivity contribution >= 4 is 27.3 Å². The highest BCUT2D eigenvalue weighted by Crippen LogP contribution is 2.26. The molecule has 0 spiro atoms. The summed E-state index contributed by atoms with van der Waals surface area (Å²) in [6.07, 6.45) is 1.75. The van der Waals surface area contributed by atoms with Crippen LogP contribution < -0.4 is 4.74 Å². The Kier molecular flexibility index (Phi) is 2.79. The van der Waals surface area contributed by atoms with Crippen LogP contribution in [0.4, 0.5) is 0 Å². The number of methoxy groups -OCH3 is 1. The van der Waals surface area contributed by atoms with Crippen molar-refractivity contribution in [1.82, 2.24) is 9.97 Å². The van der Waals surface area contributed by atoms with Gasteiger partial charge in [-0.1, -0.05) is 0 Å². The van der Waals surface area contributed by atoms with E-state index in [-0.39, 0.29) is 0 Å². The van der Waals surface area contributed by atoms with Crippen LogP contribution in [0.2, 0.25) is 0 Å². The number of ether oxygens (including phenoxy) is 1. The predicted octanol–water partition coefficient (Wildman–Crippen LogP) is 2.98. The summed E-state index contributed by atoms with van der Waals surface area (Å²) in [6.45, 7) is 0. The van der Waals surface area contributed by atoms with Crippen LogP contribution in [0.1, 0.15) is 0 Å². The molecule has 5 heteroatoms. The Morgan fingerprint density at radius 3 is 2.79 bits per heavy atom. The van der Waals surface area contributed by atoms with Crippen LogP contribution in [-0.2, 0) is 0 Å². The third-order valence-electron chi connectivity index (χ3n) is 1.67. The summed E-state index contributed by atoms with van der Waals surface area (Å²) in [5.74, 6) is 0.615. The van der Waals surface area contributed by atoms with Crippen molar-refractivity contribution in [3.05, 3.63) is 28.3 Å². The van der Waals surface area contributed by atoms with Gasteiger partial charge in [-0.05, 0) is 22.0 Å². The maximum atomic E-state index is 4.97. The number of halogens is 1. The molecule has 0 unspecified atom stereocenters. The van der Waals surface area contributed by atoms with Crippen LogP contribution in [0.15, 0.2) is 28.3 Å². The SMILES string of the molecule is COc1ccc(-c2nc(Br)cs2)cn1. The molecule has 2 heterocycles.